The van der Waals surface area contributed by atoms with Crippen molar-refractivity contribution in [3.63, 3.8) is 0 Å². The van der Waals surface area contributed by atoms with Gasteiger partial charge in [0.05, 0.1) is 0 Å². The van der Waals surface area contributed by atoms with E-state index in [1.807, 2.05) is 25.7 Å². The zero-order valence-electron chi connectivity index (χ0n) is 14.3. The van der Waals surface area contributed by atoms with Crippen LogP contribution in [-0.4, -0.2) is 53.6 Å². The Morgan fingerprint density at radius 3 is 2.09 bits per heavy atom. The number of hydrogen-bond acceptors (Lipinski definition) is 3. The highest BCUT2D eigenvalue weighted by Crippen LogP contribution is 2.28. The number of carbonyl (C=O) groups excluding carboxylic acids is 2. The predicted molar refractivity (Wildman–Crippen MR) is 85.6 cm³/mol. The molecule has 2 fully saturated rings. The van der Waals surface area contributed by atoms with Gasteiger partial charge in [0, 0.05) is 32.6 Å². The molecule has 0 aromatic carbocycles. The van der Waals surface area contributed by atoms with Crippen molar-refractivity contribution >= 4 is 12.0 Å². The molecule has 5 nitrogen and oxygen atoms in total. The minimum Gasteiger partial charge on any atom is -0.444 e. The number of nitrogens with zero attached hydrogens (tertiary/aromatic N) is 2. The molecular weight excluding hydrogens is 280 g/mol. The van der Waals surface area contributed by atoms with Gasteiger partial charge in [-0.1, -0.05) is 25.7 Å². The number of amides is 2. The Labute approximate surface area is 134 Å². The molecular formula is C17H30N2O3. The Hall–Kier alpha value is -1.26. The van der Waals surface area contributed by atoms with Crippen LogP contribution in [0.2, 0.25) is 0 Å². The van der Waals surface area contributed by atoms with Gasteiger partial charge in [-0.25, -0.2) is 4.79 Å². The molecule has 0 aromatic rings. The summed E-state index contributed by atoms with van der Waals surface area (Å²) in [5.74, 6) is 1.00. The quantitative estimate of drug-likeness (QED) is 0.805. The summed E-state index contributed by atoms with van der Waals surface area (Å²) in [6.45, 7) is 8.01. The number of carbonyl (C=O) groups is 2. The molecule has 5 heteroatoms. The minimum atomic E-state index is -0.467. The Kier molecular flexibility index (Phi) is 5.70. The first-order valence-corrected chi connectivity index (χ1v) is 8.61. The molecule has 1 aliphatic carbocycles. The third-order valence-corrected chi connectivity index (χ3v) is 4.53. The van der Waals surface area contributed by atoms with Crippen LogP contribution in [-0.2, 0) is 9.53 Å². The predicted octanol–water partition coefficient (Wildman–Crippen LogP) is 3.04. The number of rotatable bonds is 3. The van der Waals surface area contributed by atoms with Crippen LogP contribution in [0.1, 0.15) is 59.3 Å². The topological polar surface area (TPSA) is 49.9 Å². The van der Waals surface area contributed by atoms with Gasteiger partial charge in [-0.05, 0) is 33.1 Å². The van der Waals surface area contributed by atoms with E-state index in [1.54, 1.807) is 4.90 Å². The molecule has 1 aliphatic heterocycles. The summed E-state index contributed by atoms with van der Waals surface area (Å²) >= 11 is 0. The van der Waals surface area contributed by atoms with E-state index >= 15 is 0 Å². The molecule has 0 aromatic heterocycles. The van der Waals surface area contributed by atoms with E-state index in [9.17, 15) is 9.59 Å². The number of piperazine rings is 1. The van der Waals surface area contributed by atoms with Crippen LogP contribution in [0.25, 0.3) is 0 Å². The van der Waals surface area contributed by atoms with Crippen LogP contribution in [0.3, 0.4) is 0 Å². The lowest BCUT2D eigenvalue weighted by molar-refractivity contribution is -0.133. The van der Waals surface area contributed by atoms with Gasteiger partial charge in [-0.15, -0.1) is 0 Å². The van der Waals surface area contributed by atoms with Gasteiger partial charge >= 0.3 is 6.09 Å². The van der Waals surface area contributed by atoms with Crippen molar-refractivity contribution in [3.8, 4) is 0 Å². The minimum absolute atomic E-state index is 0.246. The summed E-state index contributed by atoms with van der Waals surface area (Å²) in [6, 6.07) is 0. The largest absolute Gasteiger partial charge is 0.444 e. The Bertz CT molecular complexity index is 389. The highest BCUT2D eigenvalue weighted by atomic mass is 16.6. The SMILES string of the molecule is CC(C)(C)OC(=O)N1CCN(C(=O)CCC2CCCC2)CC1. The van der Waals surface area contributed by atoms with Crippen molar-refractivity contribution in [1.29, 1.82) is 0 Å². The normalized spacial score (nSPS) is 20.3. The summed E-state index contributed by atoms with van der Waals surface area (Å²) in [7, 11) is 0. The average Bonchev–Trinajstić information content (AvgIpc) is 2.96. The third kappa shape index (κ3) is 5.18. The summed E-state index contributed by atoms with van der Waals surface area (Å²) in [6.07, 6.45) is 6.66. The Balaban J connectivity index is 1.69. The fourth-order valence-electron chi connectivity index (χ4n) is 3.25. The Morgan fingerprint density at radius 2 is 1.55 bits per heavy atom. The third-order valence-electron chi connectivity index (χ3n) is 4.53. The van der Waals surface area contributed by atoms with E-state index in [4.69, 9.17) is 4.74 Å². The number of ether oxygens (including phenoxy) is 1. The number of hydrogen-bond donors (Lipinski definition) is 0. The second kappa shape index (κ2) is 7.34. The van der Waals surface area contributed by atoms with Crippen molar-refractivity contribution in [1.82, 2.24) is 9.80 Å². The second-order valence-corrected chi connectivity index (χ2v) is 7.54. The monoisotopic (exact) mass is 310 g/mol. The fraction of sp³-hybridized carbons (Fsp3) is 0.882. The lowest BCUT2D eigenvalue weighted by Crippen LogP contribution is -2.51. The summed E-state index contributed by atoms with van der Waals surface area (Å²) in [5, 5.41) is 0. The maximum Gasteiger partial charge on any atom is 0.410 e. The lowest BCUT2D eigenvalue weighted by Gasteiger charge is -2.35. The molecule has 0 spiro atoms. The van der Waals surface area contributed by atoms with Gasteiger partial charge in [-0.3, -0.25) is 4.79 Å². The first-order chi connectivity index (χ1) is 10.3. The molecule has 1 saturated heterocycles. The van der Waals surface area contributed by atoms with E-state index in [1.165, 1.54) is 25.7 Å². The maximum atomic E-state index is 12.3. The second-order valence-electron chi connectivity index (χ2n) is 7.54. The van der Waals surface area contributed by atoms with Crippen LogP contribution >= 0.6 is 0 Å². The van der Waals surface area contributed by atoms with Crippen LogP contribution in [0.15, 0.2) is 0 Å². The van der Waals surface area contributed by atoms with Gasteiger partial charge in [0.1, 0.15) is 5.60 Å². The standard InChI is InChI=1S/C17H30N2O3/c1-17(2,3)22-16(21)19-12-10-18(11-13-19)15(20)9-8-14-6-4-5-7-14/h14H,4-13H2,1-3H3. The van der Waals surface area contributed by atoms with Gasteiger partial charge in [0.15, 0.2) is 0 Å². The highest BCUT2D eigenvalue weighted by Gasteiger charge is 2.27. The zero-order chi connectivity index (χ0) is 16.2. The van der Waals surface area contributed by atoms with Gasteiger partial charge < -0.3 is 14.5 Å². The van der Waals surface area contributed by atoms with Crippen LogP contribution in [0.5, 0.6) is 0 Å². The molecule has 0 atom stereocenters. The summed E-state index contributed by atoms with van der Waals surface area (Å²) in [4.78, 5) is 27.8. The lowest BCUT2D eigenvalue weighted by atomic mass is 10.0. The Morgan fingerprint density at radius 1 is 1.00 bits per heavy atom. The van der Waals surface area contributed by atoms with E-state index in [2.05, 4.69) is 0 Å². The average molecular weight is 310 g/mol. The molecule has 2 rings (SSSR count). The molecule has 2 amide bonds. The van der Waals surface area contributed by atoms with E-state index in [-0.39, 0.29) is 12.0 Å². The summed E-state index contributed by atoms with van der Waals surface area (Å²) < 4.78 is 5.37. The first kappa shape index (κ1) is 17.1. The van der Waals surface area contributed by atoms with Crippen molar-refractivity contribution < 1.29 is 14.3 Å². The van der Waals surface area contributed by atoms with E-state index < -0.39 is 5.60 Å². The van der Waals surface area contributed by atoms with Crippen LogP contribution in [0, 0.1) is 5.92 Å². The van der Waals surface area contributed by atoms with E-state index in [0.717, 1.165) is 12.3 Å². The molecule has 0 radical (unpaired) electrons. The highest BCUT2D eigenvalue weighted by molar-refractivity contribution is 5.76. The molecule has 0 N–H and O–H groups in total. The van der Waals surface area contributed by atoms with Gasteiger partial charge in [0.2, 0.25) is 5.91 Å². The fourth-order valence-corrected chi connectivity index (χ4v) is 3.25. The molecule has 126 valence electrons. The molecule has 2 aliphatic rings. The smallest absolute Gasteiger partial charge is 0.410 e. The van der Waals surface area contributed by atoms with Crippen LogP contribution in [0.4, 0.5) is 4.79 Å². The van der Waals surface area contributed by atoms with Crippen molar-refractivity contribution in [2.24, 2.45) is 5.92 Å². The maximum absolute atomic E-state index is 12.3. The zero-order valence-corrected chi connectivity index (χ0v) is 14.3. The summed E-state index contributed by atoms with van der Waals surface area (Å²) in [5.41, 5.74) is -0.467. The van der Waals surface area contributed by atoms with Crippen molar-refractivity contribution in [3.05, 3.63) is 0 Å². The van der Waals surface area contributed by atoms with E-state index in [0.29, 0.717) is 32.6 Å². The van der Waals surface area contributed by atoms with Gasteiger partial charge in [0.25, 0.3) is 0 Å². The first-order valence-electron chi connectivity index (χ1n) is 8.61. The molecule has 0 bridgehead atoms. The molecule has 22 heavy (non-hydrogen) atoms. The molecule has 0 unspecified atom stereocenters. The van der Waals surface area contributed by atoms with Crippen LogP contribution < -0.4 is 0 Å². The van der Waals surface area contributed by atoms with Crippen molar-refractivity contribution in [2.45, 2.75) is 64.9 Å². The molecule has 1 heterocycles. The van der Waals surface area contributed by atoms with Crippen molar-refractivity contribution in [2.75, 3.05) is 26.2 Å². The molecule has 1 saturated carbocycles. The van der Waals surface area contributed by atoms with Gasteiger partial charge in [-0.2, -0.15) is 0 Å².